The van der Waals surface area contributed by atoms with E-state index in [1.165, 1.54) is 0 Å². The molecule has 1 amide bonds. The van der Waals surface area contributed by atoms with Gasteiger partial charge < -0.3 is 15.2 Å². The number of aliphatic hydroxyl groups excluding tert-OH is 1. The Bertz CT molecular complexity index is 1260. The van der Waals surface area contributed by atoms with E-state index in [0.717, 1.165) is 28.7 Å². The van der Waals surface area contributed by atoms with Crippen LogP contribution in [0.4, 0.5) is 0 Å². The highest BCUT2D eigenvalue weighted by Crippen LogP contribution is 2.38. The van der Waals surface area contributed by atoms with E-state index in [-0.39, 0.29) is 18.3 Å². The summed E-state index contributed by atoms with van der Waals surface area (Å²) in [4.78, 5) is 17.7. The lowest BCUT2D eigenvalue weighted by molar-refractivity contribution is 0.0700. The van der Waals surface area contributed by atoms with E-state index >= 15 is 0 Å². The van der Waals surface area contributed by atoms with Crippen LogP contribution >= 0.6 is 0 Å². The van der Waals surface area contributed by atoms with Gasteiger partial charge in [-0.3, -0.25) is 10.0 Å². The maximum Gasteiger partial charge on any atom is 0.279 e. The van der Waals surface area contributed by atoms with Crippen molar-refractivity contribution in [2.45, 2.75) is 32.9 Å². The van der Waals surface area contributed by atoms with Gasteiger partial charge >= 0.3 is 0 Å². The van der Waals surface area contributed by atoms with Crippen LogP contribution in [-0.4, -0.2) is 40.5 Å². The molecule has 1 aliphatic carbocycles. The second-order valence-electron chi connectivity index (χ2n) is 8.79. The van der Waals surface area contributed by atoms with Crippen LogP contribution in [0.1, 0.15) is 47.4 Å². The zero-order chi connectivity index (χ0) is 25.5. The molecule has 4 N–H and O–H groups in total. The molecule has 7 nitrogen and oxygen atoms in total. The van der Waals surface area contributed by atoms with Crippen LogP contribution in [0.3, 0.4) is 0 Å². The van der Waals surface area contributed by atoms with Gasteiger partial charge in [-0.1, -0.05) is 66.8 Å². The number of aromatic nitrogens is 1. The lowest BCUT2D eigenvalue weighted by atomic mass is 9.97. The Hall–Kier alpha value is -3.78. The van der Waals surface area contributed by atoms with Crippen LogP contribution in [0, 0.1) is 0 Å². The van der Waals surface area contributed by atoms with E-state index < -0.39 is 5.91 Å². The molecule has 3 aromatic rings. The van der Waals surface area contributed by atoms with Gasteiger partial charge in [0.25, 0.3) is 5.91 Å². The molecule has 0 unspecified atom stereocenters. The van der Waals surface area contributed by atoms with Crippen molar-refractivity contribution < 1.29 is 19.8 Å². The summed E-state index contributed by atoms with van der Waals surface area (Å²) in [5.41, 5.74) is 7.89. The van der Waals surface area contributed by atoms with Gasteiger partial charge in [0, 0.05) is 24.2 Å². The molecule has 0 atom stereocenters. The largest absolute Gasteiger partial charge is 0.488 e. The Kier molecular flexibility index (Phi) is 8.28. The molecular weight excluding hydrogens is 454 g/mol. The number of nitrogens with one attached hydrogen (secondary N) is 2. The third-order valence-electron chi connectivity index (χ3n) is 5.80. The van der Waals surface area contributed by atoms with Crippen molar-refractivity contribution in [3.63, 3.8) is 0 Å². The van der Waals surface area contributed by atoms with Crippen LogP contribution in [0.25, 0.3) is 34.5 Å². The molecule has 0 fully saturated rings. The van der Waals surface area contributed by atoms with Crippen LogP contribution in [0.2, 0.25) is 0 Å². The fraction of sp³-hybridized carbons (Fsp3) is 0.241. The summed E-state index contributed by atoms with van der Waals surface area (Å²) in [6.07, 6.45) is 8.17. The quantitative estimate of drug-likeness (QED) is 0.197. The average molecular weight is 486 g/mol. The molecule has 186 valence electrons. The number of fused-ring (bicyclic) bond motifs is 1. The van der Waals surface area contributed by atoms with Crippen LogP contribution in [0.5, 0.6) is 5.75 Å². The van der Waals surface area contributed by atoms with Gasteiger partial charge in [-0.05, 0) is 43.0 Å². The summed E-state index contributed by atoms with van der Waals surface area (Å²) >= 11 is 0. The van der Waals surface area contributed by atoms with Gasteiger partial charge in [0.05, 0.1) is 24.0 Å². The first-order valence-electron chi connectivity index (χ1n) is 12.0. The zero-order valence-corrected chi connectivity index (χ0v) is 20.5. The lowest BCUT2D eigenvalue weighted by Gasteiger charge is -2.20. The Morgan fingerprint density at radius 2 is 1.64 bits per heavy atom. The fourth-order valence-electron chi connectivity index (χ4n) is 4.11. The number of benzene rings is 2. The Morgan fingerprint density at radius 3 is 2.28 bits per heavy atom. The number of rotatable bonds is 9. The summed E-state index contributed by atoms with van der Waals surface area (Å²) < 4.78 is 6.12. The van der Waals surface area contributed by atoms with Crippen molar-refractivity contribution in [2.75, 3.05) is 13.2 Å². The first-order valence-corrected chi connectivity index (χ1v) is 12.0. The summed E-state index contributed by atoms with van der Waals surface area (Å²) in [5, 5.41) is 21.6. The van der Waals surface area contributed by atoms with Crippen molar-refractivity contribution in [3.8, 4) is 28.1 Å². The first kappa shape index (κ1) is 25.3. The smallest absolute Gasteiger partial charge is 0.279 e. The van der Waals surface area contributed by atoms with Gasteiger partial charge in [-0.2, -0.15) is 0 Å². The van der Waals surface area contributed by atoms with Crippen molar-refractivity contribution in [3.05, 3.63) is 83.1 Å². The highest BCUT2D eigenvalue weighted by molar-refractivity contribution is 6.03. The molecule has 1 aliphatic rings. The molecule has 0 saturated heterocycles. The highest BCUT2D eigenvalue weighted by Gasteiger charge is 2.26. The molecule has 0 saturated carbocycles. The normalized spacial score (nSPS) is 12.4. The third-order valence-corrected chi connectivity index (χ3v) is 5.80. The molecule has 1 aromatic heterocycles. The minimum Gasteiger partial charge on any atom is -0.488 e. The standard InChI is InChI=1S/C29H31N3O4/c1-19(2)36-28-26(29(34)32-35)24-6-4-3-5-7-25(24)31-27(28)23-14-12-22(13-15-23)21-10-8-20(9-11-21)18-30-16-17-33/h4-15,19,30,33,35H,3,16-18H2,1-2H3,(H,32,34). The van der Waals surface area contributed by atoms with Gasteiger partial charge in [-0.15, -0.1) is 0 Å². The van der Waals surface area contributed by atoms with E-state index in [0.29, 0.717) is 35.8 Å². The summed E-state index contributed by atoms with van der Waals surface area (Å²) in [6, 6.07) is 16.2. The lowest BCUT2D eigenvalue weighted by Crippen LogP contribution is -2.23. The number of aliphatic hydroxyl groups is 1. The molecule has 0 aliphatic heterocycles. The van der Waals surface area contributed by atoms with Crippen molar-refractivity contribution in [1.82, 2.24) is 15.8 Å². The minimum atomic E-state index is -0.643. The number of hydroxylamine groups is 1. The number of ether oxygens (including phenoxy) is 1. The van der Waals surface area contributed by atoms with Gasteiger partial charge in [-0.25, -0.2) is 10.5 Å². The Morgan fingerprint density at radius 1 is 1.00 bits per heavy atom. The molecule has 4 rings (SSSR count). The van der Waals surface area contributed by atoms with E-state index in [2.05, 4.69) is 29.6 Å². The number of carbonyl (C=O) groups excluding carboxylic acids is 1. The van der Waals surface area contributed by atoms with E-state index in [4.69, 9.17) is 14.8 Å². The van der Waals surface area contributed by atoms with Crippen molar-refractivity contribution >= 4 is 18.1 Å². The topological polar surface area (TPSA) is 104 Å². The van der Waals surface area contributed by atoms with Crippen molar-refractivity contribution in [1.29, 1.82) is 0 Å². The molecule has 0 bridgehead atoms. The maximum atomic E-state index is 12.8. The van der Waals surface area contributed by atoms with Gasteiger partial charge in [0.1, 0.15) is 5.69 Å². The second kappa shape index (κ2) is 11.8. The molecular formula is C29H31N3O4. The number of nitrogens with zero attached hydrogens (tertiary/aromatic N) is 1. The molecule has 1 heterocycles. The van der Waals surface area contributed by atoms with Crippen molar-refractivity contribution in [2.24, 2.45) is 0 Å². The number of amides is 1. The molecule has 7 heteroatoms. The molecule has 0 radical (unpaired) electrons. The molecule has 0 spiro atoms. The second-order valence-corrected chi connectivity index (χ2v) is 8.79. The highest BCUT2D eigenvalue weighted by atomic mass is 16.5. The molecule has 2 aromatic carbocycles. The number of pyridine rings is 1. The third kappa shape index (κ3) is 5.71. The fourth-order valence-corrected chi connectivity index (χ4v) is 4.11. The Labute approximate surface area is 211 Å². The van der Waals surface area contributed by atoms with Crippen LogP contribution in [0.15, 0.2) is 60.7 Å². The summed E-state index contributed by atoms with van der Waals surface area (Å²) in [6.45, 7) is 5.16. The first-order chi connectivity index (χ1) is 17.5. The SMILES string of the molecule is CC(C)Oc1c(-c2ccc(-c3ccc(CNCCO)cc3)cc2)nc2c(c1C(=O)NO)C=CCC=C2. The van der Waals surface area contributed by atoms with E-state index in [1.54, 1.807) is 5.48 Å². The zero-order valence-electron chi connectivity index (χ0n) is 20.5. The summed E-state index contributed by atoms with van der Waals surface area (Å²) in [5.74, 6) is -0.307. The molecule has 36 heavy (non-hydrogen) atoms. The maximum absolute atomic E-state index is 12.8. The van der Waals surface area contributed by atoms with Crippen LogP contribution < -0.4 is 15.5 Å². The number of hydrogen-bond acceptors (Lipinski definition) is 6. The number of carbonyl (C=O) groups is 1. The average Bonchev–Trinajstić information content (AvgIpc) is 3.13. The van der Waals surface area contributed by atoms with E-state index in [9.17, 15) is 10.0 Å². The number of allylic oxidation sites excluding steroid dienone is 2. The minimum absolute atomic E-state index is 0.118. The Balaban J connectivity index is 1.73. The number of hydrogen-bond donors (Lipinski definition) is 4. The summed E-state index contributed by atoms with van der Waals surface area (Å²) in [7, 11) is 0. The van der Waals surface area contributed by atoms with Gasteiger partial charge in [0.2, 0.25) is 0 Å². The monoisotopic (exact) mass is 485 g/mol. The predicted octanol–water partition coefficient (Wildman–Crippen LogP) is 4.83. The predicted molar refractivity (Wildman–Crippen MR) is 142 cm³/mol. The van der Waals surface area contributed by atoms with Gasteiger partial charge in [0.15, 0.2) is 5.75 Å². The van der Waals surface area contributed by atoms with Crippen LogP contribution in [-0.2, 0) is 6.54 Å². The van der Waals surface area contributed by atoms with E-state index in [1.807, 2.05) is 62.4 Å².